The van der Waals surface area contributed by atoms with Crippen LogP contribution in [0.3, 0.4) is 0 Å². The van der Waals surface area contributed by atoms with Crippen molar-refractivity contribution in [1.29, 1.82) is 0 Å². The molecule has 1 amide bonds. The van der Waals surface area contributed by atoms with Gasteiger partial charge in [-0.05, 0) is 31.5 Å². The number of benzene rings is 1. The summed E-state index contributed by atoms with van der Waals surface area (Å²) in [6, 6.07) is 2.91. The Hall–Kier alpha value is -2.04. The third kappa shape index (κ3) is 2.73. The van der Waals surface area contributed by atoms with Crippen molar-refractivity contribution in [2.75, 3.05) is 11.9 Å². The monoisotopic (exact) mass is 223 g/mol. The number of aromatic hydroxyl groups is 1. The number of phenolic OH excluding ortho intramolecular Hbond substituents is 1. The maximum Gasteiger partial charge on any atom is 0.411 e. The highest BCUT2D eigenvalue weighted by Gasteiger charge is 2.10. The lowest BCUT2D eigenvalue weighted by atomic mass is 10.1. The molecule has 86 valence electrons. The molecule has 1 rings (SSSR count). The minimum absolute atomic E-state index is 0.0707. The van der Waals surface area contributed by atoms with Gasteiger partial charge in [-0.2, -0.15) is 0 Å². The van der Waals surface area contributed by atoms with E-state index < -0.39 is 6.09 Å². The Bertz CT molecular complexity index is 415. The summed E-state index contributed by atoms with van der Waals surface area (Å²) in [5, 5.41) is 12.0. The summed E-state index contributed by atoms with van der Waals surface area (Å²) in [6.07, 6.45) is -0.0248. The van der Waals surface area contributed by atoms with Gasteiger partial charge < -0.3 is 9.84 Å². The smallest absolute Gasteiger partial charge is 0.411 e. The first-order chi connectivity index (χ1) is 7.58. The van der Waals surface area contributed by atoms with Crippen LogP contribution in [0, 0.1) is 6.92 Å². The number of amides is 1. The Morgan fingerprint density at radius 2 is 2.25 bits per heavy atom. The predicted octanol–water partition coefficient (Wildman–Crippen LogP) is 2.08. The van der Waals surface area contributed by atoms with Gasteiger partial charge in [0.05, 0.1) is 12.3 Å². The third-order valence-electron chi connectivity index (χ3n) is 1.97. The molecule has 0 fully saturated rings. The van der Waals surface area contributed by atoms with Crippen molar-refractivity contribution in [1.82, 2.24) is 0 Å². The second-order valence-electron chi connectivity index (χ2n) is 3.20. The SMILES string of the molecule is CCOC(=O)Nc1cc(C=O)cc(C)c1O. The molecule has 0 radical (unpaired) electrons. The normalized spacial score (nSPS) is 9.62. The van der Waals surface area contributed by atoms with E-state index in [-0.39, 0.29) is 18.0 Å². The van der Waals surface area contributed by atoms with Crippen molar-refractivity contribution < 1.29 is 19.4 Å². The molecule has 2 N–H and O–H groups in total. The quantitative estimate of drug-likeness (QED) is 0.607. The van der Waals surface area contributed by atoms with Crippen LogP contribution in [0.1, 0.15) is 22.8 Å². The van der Waals surface area contributed by atoms with Gasteiger partial charge in [-0.3, -0.25) is 10.1 Å². The number of aryl methyl sites for hydroxylation is 1. The molecule has 0 saturated carbocycles. The molecule has 1 aromatic rings. The van der Waals surface area contributed by atoms with Crippen LogP contribution in [0.5, 0.6) is 5.75 Å². The predicted molar refractivity (Wildman–Crippen MR) is 58.9 cm³/mol. The minimum atomic E-state index is -0.666. The molecule has 0 spiro atoms. The van der Waals surface area contributed by atoms with Crippen LogP contribution in [-0.2, 0) is 4.74 Å². The number of phenols is 1. The van der Waals surface area contributed by atoms with Gasteiger partial charge in [-0.1, -0.05) is 0 Å². The number of carbonyl (C=O) groups excluding carboxylic acids is 2. The van der Waals surface area contributed by atoms with Crippen LogP contribution in [0.2, 0.25) is 0 Å². The van der Waals surface area contributed by atoms with E-state index >= 15 is 0 Å². The summed E-state index contributed by atoms with van der Waals surface area (Å²) in [5.74, 6) is -0.0707. The van der Waals surface area contributed by atoms with E-state index in [4.69, 9.17) is 0 Å². The van der Waals surface area contributed by atoms with Gasteiger partial charge in [0.15, 0.2) is 0 Å². The highest BCUT2D eigenvalue weighted by molar-refractivity contribution is 5.89. The van der Waals surface area contributed by atoms with Crippen LogP contribution in [0.25, 0.3) is 0 Å². The number of nitrogens with one attached hydrogen (secondary N) is 1. The van der Waals surface area contributed by atoms with E-state index in [0.717, 1.165) is 0 Å². The van der Waals surface area contributed by atoms with Gasteiger partial charge in [-0.25, -0.2) is 4.79 Å². The number of aldehydes is 1. The minimum Gasteiger partial charge on any atom is -0.505 e. The standard InChI is InChI=1S/C11H13NO4/c1-3-16-11(15)12-9-5-8(6-13)4-7(2)10(9)14/h4-6,14H,3H2,1-2H3,(H,12,15). The maximum absolute atomic E-state index is 11.1. The number of carbonyl (C=O) groups is 2. The zero-order chi connectivity index (χ0) is 12.1. The summed E-state index contributed by atoms with van der Waals surface area (Å²) >= 11 is 0. The maximum atomic E-state index is 11.1. The average Bonchev–Trinajstić information content (AvgIpc) is 2.24. The number of rotatable bonds is 3. The Morgan fingerprint density at radius 3 is 2.81 bits per heavy atom. The van der Waals surface area contributed by atoms with Crippen LogP contribution < -0.4 is 5.32 Å². The second-order valence-corrected chi connectivity index (χ2v) is 3.20. The van der Waals surface area contributed by atoms with Crippen LogP contribution in [0.4, 0.5) is 10.5 Å². The molecule has 1 aromatic carbocycles. The molecule has 0 aromatic heterocycles. The average molecular weight is 223 g/mol. The summed E-state index contributed by atoms with van der Waals surface area (Å²) < 4.78 is 4.66. The third-order valence-corrected chi connectivity index (χ3v) is 1.97. The van der Waals surface area contributed by atoms with Gasteiger partial charge in [0.25, 0.3) is 0 Å². The second kappa shape index (κ2) is 5.16. The molecule has 0 aliphatic carbocycles. The summed E-state index contributed by atoms with van der Waals surface area (Å²) in [5.41, 5.74) is 1.05. The van der Waals surface area contributed by atoms with Crippen LogP contribution in [-0.4, -0.2) is 24.1 Å². The fourth-order valence-electron chi connectivity index (χ4n) is 1.25. The summed E-state index contributed by atoms with van der Waals surface area (Å²) in [4.78, 5) is 21.8. The molecular formula is C11H13NO4. The lowest BCUT2D eigenvalue weighted by molar-refractivity contribution is 0.112. The van der Waals surface area contributed by atoms with E-state index in [0.29, 0.717) is 17.4 Å². The van der Waals surface area contributed by atoms with E-state index in [9.17, 15) is 14.7 Å². The molecule has 0 unspecified atom stereocenters. The van der Waals surface area contributed by atoms with Gasteiger partial charge in [0.2, 0.25) is 0 Å². The van der Waals surface area contributed by atoms with E-state index in [1.807, 2.05) is 0 Å². The van der Waals surface area contributed by atoms with Gasteiger partial charge >= 0.3 is 6.09 Å². The Morgan fingerprint density at radius 1 is 1.56 bits per heavy atom. The first-order valence-corrected chi connectivity index (χ1v) is 4.81. The number of ether oxygens (including phenoxy) is 1. The topological polar surface area (TPSA) is 75.6 Å². The molecule has 0 saturated heterocycles. The lowest BCUT2D eigenvalue weighted by Crippen LogP contribution is -2.13. The number of hydrogen-bond donors (Lipinski definition) is 2. The van der Waals surface area contributed by atoms with Crippen molar-refractivity contribution >= 4 is 18.1 Å². The molecule has 5 heteroatoms. The Kier molecular flexibility index (Phi) is 3.88. The van der Waals surface area contributed by atoms with Crippen molar-refractivity contribution in [3.63, 3.8) is 0 Å². The fraction of sp³-hybridized carbons (Fsp3) is 0.273. The Balaban J connectivity index is 2.98. The van der Waals surface area contributed by atoms with E-state index in [1.54, 1.807) is 13.8 Å². The highest BCUT2D eigenvalue weighted by Crippen LogP contribution is 2.28. The molecule has 0 aliphatic rings. The molecule has 0 aliphatic heterocycles. The zero-order valence-corrected chi connectivity index (χ0v) is 9.11. The first kappa shape index (κ1) is 12.0. The van der Waals surface area contributed by atoms with Crippen LogP contribution >= 0.6 is 0 Å². The van der Waals surface area contributed by atoms with Crippen molar-refractivity contribution in [3.05, 3.63) is 23.3 Å². The van der Waals surface area contributed by atoms with Gasteiger partial charge in [0.1, 0.15) is 12.0 Å². The van der Waals surface area contributed by atoms with Crippen molar-refractivity contribution in [3.8, 4) is 5.75 Å². The van der Waals surface area contributed by atoms with Crippen molar-refractivity contribution in [2.24, 2.45) is 0 Å². The first-order valence-electron chi connectivity index (χ1n) is 4.81. The molecular weight excluding hydrogens is 210 g/mol. The molecule has 0 atom stereocenters. The largest absolute Gasteiger partial charge is 0.505 e. The molecule has 16 heavy (non-hydrogen) atoms. The van der Waals surface area contributed by atoms with E-state index in [2.05, 4.69) is 10.1 Å². The number of anilines is 1. The molecule has 5 nitrogen and oxygen atoms in total. The fourth-order valence-corrected chi connectivity index (χ4v) is 1.25. The molecule has 0 heterocycles. The zero-order valence-electron chi connectivity index (χ0n) is 9.11. The summed E-state index contributed by atoms with van der Waals surface area (Å²) in [7, 11) is 0. The van der Waals surface area contributed by atoms with Crippen molar-refractivity contribution in [2.45, 2.75) is 13.8 Å². The van der Waals surface area contributed by atoms with E-state index in [1.165, 1.54) is 12.1 Å². The highest BCUT2D eigenvalue weighted by atomic mass is 16.5. The van der Waals surface area contributed by atoms with Crippen LogP contribution in [0.15, 0.2) is 12.1 Å². The summed E-state index contributed by atoms with van der Waals surface area (Å²) in [6.45, 7) is 3.55. The molecule has 0 bridgehead atoms. The Labute approximate surface area is 93.0 Å². The van der Waals surface area contributed by atoms with Gasteiger partial charge in [-0.15, -0.1) is 0 Å². The lowest BCUT2D eigenvalue weighted by Gasteiger charge is -2.09. The number of hydrogen-bond acceptors (Lipinski definition) is 4. The van der Waals surface area contributed by atoms with Gasteiger partial charge in [0, 0.05) is 5.56 Å².